The molecule has 2 rings (SSSR count). The molecular weight excluding hydrogens is 249 g/mol. The SMILES string of the molecule is Cc1cc(CNc2nccc(C(F)(F)F)n2)on1. The molecule has 0 unspecified atom stereocenters. The molecular formula is C10H9F3N4O. The van der Waals surface area contributed by atoms with Gasteiger partial charge in [0.2, 0.25) is 5.95 Å². The van der Waals surface area contributed by atoms with Crippen LogP contribution in [-0.4, -0.2) is 15.1 Å². The van der Waals surface area contributed by atoms with Crippen molar-refractivity contribution >= 4 is 5.95 Å². The molecule has 0 atom stereocenters. The number of hydrogen-bond donors (Lipinski definition) is 1. The number of aryl methyl sites for hydroxylation is 1. The predicted molar refractivity (Wildman–Crippen MR) is 55.6 cm³/mol. The average molecular weight is 258 g/mol. The van der Waals surface area contributed by atoms with Crippen molar-refractivity contribution in [1.82, 2.24) is 15.1 Å². The van der Waals surface area contributed by atoms with Crippen LogP contribution >= 0.6 is 0 Å². The quantitative estimate of drug-likeness (QED) is 0.915. The largest absolute Gasteiger partial charge is 0.433 e. The van der Waals surface area contributed by atoms with Gasteiger partial charge in [0.15, 0.2) is 5.76 Å². The molecule has 0 amide bonds. The van der Waals surface area contributed by atoms with Crippen LogP contribution in [0, 0.1) is 6.92 Å². The Morgan fingerprint density at radius 3 is 2.78 bits per heavy atom. The number of rotatable bonds is 3. The van der Waals surface area contributed by atoms with Crippen molar-refractivity contribution in [2.24, 2.45) is 0 Å². The number of nitrogens with zero attached hydrogens (tertiary/aromatic N) is 3. The number of anilines is 1. The molecule has 2 aromatic heterocycles. The molecule has 0 bridgehead atoms. The first-order valence-electron chi connectivity index (χ1n) is 5.01. The second-order valence-electron chi connectivity index (χ2n) is 3.55. The zero-order chi connectivity index (χ0) is 13.2. The molecule has 0 radical (unpaired) electrons. The maximum atomic E-state index is 12.4. The molecule has 0 aliphatic carbocycles. The van der Waals surface area contributed by atoms with E-state index in [2.05, 4.69) is 20.4 Å². The summed E-state index contributed by atoms with van der Waals surface area (Å²) in [6, 6.07) is 2.48. The Balaban J connectivity index is 2.06. The lowest BCUT2D eigenvalue weighted by atomic mass is 10.4. The first kappa shape index (κ1) is 12.3. The summed E-state index contributed by atoms with van der Waals surface area (Å²) in [5.41, 5.74) is -0.300. The van der Waals surface area contributed by atoms with E-state index in [1.165, 1.54) is 0 Å². The molecule has 2 heterocycles. The maximum Gasteiger partial charge on any atom is 0.433 e. The summed E-state index contributed by atoms with van der Waals surface area (Å²) >= 11 is 0. The molecule has 8 heteroatoms. The molecule has 18 heavy (non-hydrogen) atoms. The molecule has 0 aliphatic heterocycles. The van der Waals surface area contributed by atoms with Gasteiger partial charge < -0.3 is 9.84 Å². The Kier molecular flexibility index (Phi) is 3.17. The molecule has 0 aliphatic rings. The molecule has 1 N–H and O–H groups in total. The standard InChI is InChI=1S/C10H9F3N4O/c1-6-4-7(18-17-6)5-15-9-14-3-2-8(16-9)10(11,12)13/h2-4H,5H2,1H3,(H,14,15,16). The van der Waals surface area contributed by atoms with Gasteiger partial charge >= 0.3 is 6.18 Å². The van der Waals surface area contributed by atoms with Crippen LogP contribution in [0.15, 0.2) is 22.9 Å². The monoisotopic (exact) mass is 258 g/mol. The predicted octanol–water partition coefficient (Wildman–Crippen LogP) is 2.40. The van der Waals surface area contributed by atoms with Gasteiger partial charge in [0.1, 0.15) is 5.69 Å². The van der Waals surface area contributed by atoms with Crippen molar-refractivity contribution in [3.63, 3.8) is 0 Å². The summed E-state index contributed by atoms with van der Waals surface area (Å²) in [6.07, 6.45) is -3.44. The molecule has 2 aromatic rings. The lowest BCUT2D eigenvalue weighted by Crippen LogP contribution is -2.11. The minimum atomic E-state index is -4.48. The van der Waals surface area contributed by atoms with Gasteiger partial charge in [-0.1, -0.05) is 5.16 Å². The zero-order valence-corrected chi connectivity index (χ0v) is 9.32. The lowest BCUT2D eigenvalue weighted by Gasteiger charge is -2.07. The Morgan fingerprint density at radius 2 is 2.17 bits per heavy atom. The minimum Gasteiger partial charge on any atom is -0.359 e. The Hall–Kier alpha value is -2.12. The van der Waals surface area contributed by atoms with E-state index >= 15 is 0 Å². The number of hydrogen-bond acceptors (Lipinski definition) is 5. The van der Waals surface area contributed by atoms with E-state index in [1.54, 1.807) is 13.0 Å². The highest BCUT2D eigenvalue weighted by Gasteiger charge is 2.32. The second-order valence-corrected chi connectivity index (χ2v) is 3.55. The van der Waals surface area contributed by atoms with Crippen molar-refractivity contribution in [1.29, 1.82) is 0 Å². The summed E-state index contributed by atoms with van der Waals surface area (Å²) in [6.45, 7) is 1.91. The molecule has 0 aromatic carbocycles. The molecule has 5 nitrogen and oxygen atoms in total. The fourth-order valence-corrected chi connectivity index (χ4v) is 1.27. The topological polar surface area (TPSA) is 63.8 Å². The van der Waals surface area contributed by atoms with Crippen molar-refractivity contribution in [2.75, 3.05) is 5.32 Å². The van der Waals surface area contributed by atoms with E-state index in [0.29, 0.717) is 11.5 Å². The molecule has 0 spiro atoms. The van der Waals surface area contributed by atoms with Gasteiger partial charge in [-0.2, -0.15) is 13.2 Å². The Labute approximate surface area is 100 Å². The average Bonchev–Trinajstić information content (AvgIpc) is 2.72. The highest BCUT2D eigenvalue weighted by Crippen LogP contribution is 2.27. The van der Waals surface area contributed by atoms with Crippen LogP contribution in [0.3, 0.4) is 0 Å². The summed E-state index contributed by atoms with van der Waals surface area (Å²) in [4.78, 5) is 7.05. The zero-order valence-electron chi connectivity index (χ0n) is 9.32. The molecule has 0 saturated heterocycles. The Morgan fingerprint density at radius 1 is 1.39 bits per heavy atom. The van der Waals surface area contributed by atoms with Crippen LogP contribution in [0.4, 0.5) is 19.1 Å². The number of nitrogens with one attached hydrogen (secondary N) is 1. The normalized spacial score (nSPS) is 11.6. The third kappa shape index (κ3) is 2.96. The van der Waals surface area contributed by atoms with Crippen LogP contribution in [0.1, 0.15) is 17.1 Å². The lowest BCUT2D eigenvalue weighted by molar-refractivity contribution is -0.141. The highest BCUT2D eigenvalue weighted by molar-refractivity contribution is 5.26. The second kappa shape index (κ2) is 4.63. The van der Waals surface area contributed by atoms with E-state index in [4.69, 9.17) is 4.52 Å². The molecule has 96 valence electrons. The number of alkyl halides is 3. The number of halogens is 3. The Bertz CT molecular complexity index is 538. The van der Waals surface area contributed by atoms with Crippen molar-refractivity contribution in [3.05, 3.63) is 35.5 Å². The minimum absolute atomic E-state index is 0.112. The molecule has 0 saturated carbocycles. The van der Waals surface area contributed by atoms with Crippen LogP contribution in [-0.2, 0) is 12.7 Å². The third-order valence-corrected chi connectivity index (χ3v) is 2.04. The molecule has 0 fully saturated rings. The van der Waals surface area contributed by atoms with Gasteiger partial charge in [0.05, 0.1) is 12.2 Å². The third-order valence-electron chi connectivity index (χ3n) is 2.04. The summed E-state index contributed by atoms with van der Waals surface area (Å²) < 4.78 is 42.1. The van der Waals surface area contributed by atoms with E-state index in [1.807, 2.05) is 0 Å². The van der Waals surface area contributed by atoms with Crippen LogP contribution < -0.4 is 5.32 Å². The number of aromatic nitrogens is 3. The fourth-order valence-electron chi connectivity index (χ4n) is 1.27. The van der Waals surface area contributed by atoms with Gasteiger partial charge in [0.25, 0.3) is 0 Å². The van der Waals surface area contributed by atoms with E-state index in [0.717, 1.165) is 12.3 Å². The first-order valence-corrected chi connectivity index (χ1v) is 5.01. The van der Waals surface area contributed by atoms with Gasteiger partial charge in [0, 0.05) is 12.3 Å². The fraction of sp³-hybridized carbons (Fsp3) is 0.300. The van der Waals surface area contributed by atoms with E-state index in [-0.39, 0.29) is 12.5 Å². The van der Waals surface area contributed by atoms with Gasteiger partial charge in [-0.05, 0) is 13.0 Å². The highest BCUT2D eigenvalue weighted by atomic mass is 19.4. The summed E-state index contributed by atoms with van der Waals surface area (Å²) in [7, 11) is 0. The first-order chi connectivity index (χ1) is 8.45. The maximum absolute atomic E-state index is 12.4. The van der Waals surface area contributed by atoms with Crippen molar-refractivity contribution < 1.29 is 17.7 Å². The van der Waals surface area contributed by atoms with Crippen LogP contribution in [0.5, 0.6) is 0 Å². The van der Waals surface area contributed by atoms with E-state index < -0.39 is 11.9 Å². The van der Waals surface area contributed by atoms with E-state index in [9.17, 15) is 13.2 Å². The van der Waals surface area contributed by atoms with Crippen LogP contribution in [0.2, 0.25) is 0 Å². The smallest absolute Gasteiger partial charge is 0.359 e. The van der Waals surface area contributed by atoms with Crippen molar-refractivity contribution in [2.45, 2.75) is 19.6 Å². The summed E-state index contributed by atoms with van der Waals surface area (Å²) in [5, 5.41) is 6.28. The van der Waals surface area contributed by atoms with Gasteiger partial charge in [-0.25, -0.2) is 9.97 Å². The van der Waals surface area contributed by atoms with Crippen LogP contribution in [0.25, 0.3) is 0 Å². The summed E-state index contributed by atoms with van der Waals surface area (Å²) in [5.74, 6) is 0.382. The van der Waals surface area contributed by atoms with Gasteiger partial charge in [-0.3, -0.25) is 0 Å². The van der Waals surface area contributed by atoms with Crippen molar-refractivity contribution in [3.8, 4) is 0 Å². The van der Waals surface area contributed by atoms with Gasteiger partial charge in [-0.15, -0.1) is 0 Å².